The molecule has 0 fully saturated rings. The standard InChI is InChI=1S/C41H28N2S/c1-5-16-29(17-6-1)36-28-37(30-18-7-2-8-19-30)43-40(42-36)33-24-15-26-35-39(33)44-38-27-14-13-25-34(38)41(35,31-20-9-3-10-21-31)32-22-11-4-12-23-32/h1-28H. The Morgan fingerprint density at radius 3 is 1.48 bits per heavy atom. The Hall–Kier alpha value is -5.25. The van der Waals surface area contributed by atoms with Crippen molar-refractivity contribution < 1.29 is 0 Å². The van der Waals surface area contributed by atoms with Gasteiger partial charge in [0.1, 0.15) is 0 Å². The van der Waals surface area contributed by atoms with E-state index in [2.05, 4.69) is 158 Å². The van der Waals surface area contributed by atoms with Crippen LogP contribution in [0.5, 0.6) is 0 Å². The highest BCUT2D eigenvalue weighted by Gasteiger charge is 2.45. The molecule has 44 heavy (non-hydrogen) atoms. The first-order chi connectivity index (χ1) is 21.8. The van der Waals surface area contributed by atoms with Crippen LogP contribution in [-0.4, -0.2) is 9.97 Å². The van der Waals surface area contributed by atoms with Crippen molar-refractivity contribution in [1.29, 1.82) is 0 Å². The van der Waals surface area contributed by atoms with Crippen LogP contribution >= 0.6 is 11.8 Å². The minimum Gasteiger partial charge on any atom is -0.228 e. The molecule has 2 heterocycles. The van der Waals surface area contributed by atoms with E-state index < -0.39 is 5.41 Å². The summed E-state index contributed by atoms with van der Waals surface area (Å²) in [6.45, 7) is 0. The van der Waals surface area contributed by atoms with Gasteiger partial charge in [-0.05, 0) is 34.4 Å². The summed E-state index contributed by atoms with van der Waals surface area (Å²) in [6, 6.07) is 60.2. The first kappa shape index (κ1) is 26.4. The molecule has 6 aromatic carbocycles. The maximum absolute atomic E-state index is 5.23. The molecule has 0 N–H and O–H groups in total. The van der Waals surface area contributed by atoms with E-state index in [1.165, 1.54) is 32.0 Å². The van der Waals surface area contributed by atoms with Crippen LogP contribution in [0.1, 0.15) is 22.3 Å². The van der Waals surface area contributed by atoms with E-state index in [0.29, 0.717) is 0 Å². The number of fused-ring (bicyclic) bond motifs is 2. The highest BCUT2D eigenvalue weighted by atomic mass is 32.2. The zero-order valence-electron chi connectivity index (χ0n) is 24.0. The third-order valence-electron chi connectivity index (χ3n) is 8.44. The molecular weight excluding hydrogens is 553 g/mol. The van der Waals surface area contributed by atoms with Gasteiger partial charge in [0, 0.05) is 26.5 Å². The van der Waals surface area contributed by atoms with Gasteiger partial charge in [-0.1, -0.05) is 169 Å². The Morgan fingerprint density at radius 2 is 0.909 bits per heavy atom. The molecule has 1 aromatic heterocycles. The summed E-state index contributed by atoms with van der Waals surface area (Å²) >= 11 is 1.82. The lowest BCUT2D eigenvalue weighted by Crippen LogP contribution is -2.34. The SMILES string of the molecule is c1ccc(-c2cc(-c3ccccc3)nc(-c3cccc4c3Sc3ccccc3C4(c3ccccc3)c3ccccc3)n2)cc1. The Labute approximate surface area is 262 Å². The number of rotatable bonds is 5. The lowest BCUT2D eigenvalue weighted by molar-refractivity contribution is 0.703. The van der Waals surface area contributed by atoms with Crippen molar-refractivity contribution in [3.8, 4) is 33.9 Å². The Balaban J connectivity index is 1.44. The maximum atomic E-state index is 5.23. The van der Waals surface area contributed by atoms with Crippen LogP contribution in [0.2, 0.25) is 0 Å². The maximum Gasteiger partial charge on any atom is 0.161 e. The summed E-state index contributed by atoms with van der Waals surface area (Å²) in [5, 5.41) is 0. The monoisotopic (exact) mass is 580 g/mol. The van der Waals surface area contributed by atoms with Gasteiger partial charge in [0.05, 0.1) is 16.8 Å². The zero-order chi connectivity index (χ0) is 29.3. The number of hydrogen-bond donors (Lipinski definition) is 0. The number of nitrogens with zero attached hydrogens (tertiary/aromatic N) is 2. The predicted octanol–water partition coefficient (Wildman–Crippen LogP) is 10.3. The minimum absolute atomic E-state index is 0.505. The third kappa shape index (κ3) is 4.36. The Morgan fingerprint density at radius 1 is 0.432 bits per heavy atom. The smallest absolute Gasteiger partial charge is 0.161 e. The van der Waals surface area contributed by atoms with Crippen molar-refractivity contribution in [3.63, 3.8) is 0 Å². The summed E-state index contributed by atoms with van der Waals surface area (Å²) in [4.78, 5) is 12.9. The first-order valence-electron chi connectivity index (χ1n) is 14.8. The van der Waals surface area contributed by atoms with Gasteiger partial charge in [-0.15, -0.1) is 0 Å². The fourth-order valence-corrected chi connectivity index (χ4v) is 7.78. The fraction of sp³-hybridized carbons (Fsp3) is 0.0244. The molecule has 208 valence electrons. The molecule has 0 spiro atoms. The quantitative estimate of drug-likeness (QED) is 0.203. The molecule has 0 unspecified atom stereocenters. The van der Waals surface area contributed by atoms with Gasteiger partial charge in [0.25, 0.3) is 0 Å². The number of benzene rings is 6. The topological polar surface area (TPSA) is 25.8 Å². The van der Waals surface area contributed by atoms with Gasteiger partial charge < -0.3 is 0 Å². The van der Waals surface area contributed by atoms with Crippen LogP contribution < -0.4 is 0 Å². The third-order valence-corrected chi connectivity index (χ3v) is 9.66. The second kappa shape index (κ2) is 11.1. The van der Waals surface area contributed by atoms with E-state index in [1.807, 2.05) is 23.9 Å². The summed E-state index contributed by atoms with van der Waals surface area (Å²) in [5.74, 6) is 0.726. The fourth-order valence-electron chi connectivity index (χ4n) is 6.49. The second-order valence-corrected chi connectivity index (χ2v) is 12.0. The van der Waals surface area contributed by atoms with Gasteiger partial charge in [-0.2, -0.15) is 0 Å². The van der Waals surface area contributed by atoms with E-state index in [9.17, 15) is 0 Å². The number of hydrogen-bond acceptors (Lipinski definition) is 3. The number of aromatic nitrogens is 2. The van der Waals surface area contributed by atoms with Gasteiger partial charge in [-0.3, -0.25) is 0 Å². The van der Waals surface area contributed by atoms with Crippen molar-refractivity contribution in [2.45, 2.75) is 15.2 Å². The van der Waals surface area contributed by atoms with Crippen LogP contribution in [-0.2, 0) is 5.41 Å². The van der Waals surface area contributed by atoms with E-state index in [0.717, 1.165) is 33.9 Å². The van der Waals surface area contributed by atoms with E-state index in [-0.39, 0.29) is 0 Å². The Bertz CT molecular complexity index is 1980. The highest BCUT2D eigenvalue weighted by Crippen LogP contribution is 2.57. The van der Waals surface area contributed by atoms with Crippen molar-refractivity contribution >= 4 is 11.8 Å². The first-order valence-corrected chi connectivity index (χ1v) is 15.7. The molecule has 0 saturated carbocycles. The molecule has 8 rings (SSSR count). The van der Waals surface area contributed by atoms with E-state index >= 15 is 0 Å². The molecule has 0 aliphatic carbocycles. The molecule has 0 amide bonds. The molecule has 0 saturated heterocycles. The molecule has 7 aromatic rings. The van der Waals surface area contributed by atoms with Crippen LogP contribution in [0.3, 0.4) is 0 Å². The second-order valence-electron chi connectivity index (χ2n) is 11.0. The predicted molar refractivity (Wildman–Crippen MR) is 181 cm³/mol. The van der Waals surface area contributed by atoms with E-state index in [4.69, 9.17) is 9.97 Å². The summed E-state index contributed by atoms with van der Waals surface area (Å²) < 4.78 is 0. The van der Waals surface area contributed by atoms with Gasteiger partial charge in [0.15, 0.2) is 5.82 Å². The van der Waals surface area contributed by atoms with Crippen molar-refractivity contribution in [1.82, 2.24) is 9.97 Å². The minimum atomic E-state index is -0.505. The summed E-state index contributed by atoms with van der Waals surface area (Å²) in [5.41, 5.74) is 9.49. The average Bonchev–Trinajstić information content (AvgIpc) is 3.11. The van der Waals surface area contributed by atoms with Gasteiger partial charge in [0.2, 0.25) is 0 Å². The Kier molecular flexibility index (Phi) is 6.66. The molecule has 0 radical (unpaired) electrons. The van der Waals surface area contributed by atoms with Gasteiger partial charge >= 0.3 is 0 Å². The molecule has 3 heteroatoms. The van der Waals surface area contributed by atoms with Crippen LogP contribution in [0, 0.1) is 0 Å². The van der Waals surface area contributed by atoms with Crippen molar-refractivity contribution in [2.75, 3.05) is 0 Å². The van der Waals surface area contributed by atoms with Crippen LogP contribution in [0.15, 0.2) is 180 Å². The highest BCUT2D eigenvalue weighted by molar-refractivity contribution is 7.99. The molecule has 0 bridgehead atoms. The van der Waals surface area contributed by atoms with Crippen molar-refractivity contribution in [2.24, 2.45) is 0 Å². The lowest BCUT2D eigenvalue weighted by atomic mass is 9.64. The molecule has 2 nitrogen and oxygen atoms in total. The summed E-state index contributed by atoms with van der Waals surface area (Å²) in [6.07, 6.45) is 0. The molecule has 0 atom stereocenters. The van der Waals surface area contributed by atoms with E-state index in [1.54, 1.807) is 0 Å². The average molecular weight is 581 g/mol. The van der Waals surface area contributed by atoms with Crippen LogP contribution in [0.4, 0.5) is 0 Å². The van der Waals surface area contributed by atoms with Gasteiger partial charge in [-0.25, -0.2) is 9.97 Å². The normalized spacial score (nSPS) is 13.1. The molecule has 1 aliphatic heterocycles. The lowest BCUT2D eigenvalue weighted by Gasteiger charge is -2.42. The van der Waals surface area contributed by atoms with Crippen LogP contribution in [0.25, 0.3) is 33.9 Å². The molecule has 1 aliphatic rings. The summed E-state index contributed by atoms with van der Waals surface area (Å²) in [7, 11) is 0. The zero-order valence-corrected chi connectivity index (χ0v) is 24.8. The van der Waals surface area contributed by atoms with Crippen molar-refractivity contribution in [3.05, 3.63) is 192 Å². The largest absolute Gasteiger partial charge is 0.228 e. The molecular formula is C41H28N2S.